The van der Waals surface area contributed by atoms with E-state index < -0.39 is 40.1 Å². The van der Waals surface area contributed by atoms with Gasteiger partial charge < -0.3 is 15.5 Å². The summed E-state index contributed by atoms with van der Waals surface area (Å²) in [4.78, 5) is 45.2. The van der Waals surface area contributed by atoms with Gasteiger partial charge >= 0.3 is 5.97 Å². The number of phenolic OH excluding ortho intramolecular Hbond substituents is 1. The summed E-state index contributed by atoms with van der Waals surface area (Å²) < 4.78 is 27.1. The van der Waals surface area contributed by atoms with Crippen LogP contribution in [0.4, 0.5) is 0 Å². The van der Waals surface area contributed by atoms with Crippen molar-refractivity contribution in [2.24, 2.45) is 0 Å². The molecule has 0 heterocycles. The van der Waals surface area contributed by atoms with E-state index in [1.165, 1.54) is 31.2 Å². The quantitative estimate of drug-likeness (QED) is 0.388. The summed E-state index contributed by atoms with van der Waals surface area (Å²) in [7, 11) is -3.96. The van der Waals surface area contributed by atoms with Crippen molar-refractivity contribution in [3.63, 3.8) is 0 Å². The Morgan fingerprint density at radius 3 is 2.29 bits per heavy atom. The van der Waals surface area contributed by atoms with Gasteiger partial charge in [0.15, 0.2) is 12.1 Å². The van der Waals surface area contributed by atoms with Crippen LogP contribution in [0.15, 0.2) is 47.4 Å². The Labute approximate surface area is 178 Å². The molecule has 31 heavy (non-hydrogen) atoms. The highest BCUT2D eigenvalue weighted by atomic mass is 32.2. The Hall–Kier alpha value is -3.57. The maximum absolute atomic E-state index is 12.4. The molecule has 0 saturated heterocycles. The number of phenols is 1. The highest BCUT2D eigenvalue weighted by Gasteiger charge is 2.21. The second-order valence-electron chi connectivity index (χ2n) is 6.59. The van der Waals surface area contributed by atoms with Crippen LogP contribution >= 0.6 is 0 Å². The number of benzene rings is 2. The second kappa shape index (κ2) is 9.96. The highest BCUT2D eigenvalue weighted by Crippen LogP contribution is 2.20. The Bertz CT molecular complexity index is 1110. The van der Waals surface area contributed by atoms with Crippen LogP contribution in [0.25, 0.3) is 0 Å². The van der Waals surface area contributed by atoms with Gasteiger partial charge in [-0.05, 0) is 42.8 Å². The molecule has 1 amide bonds. The van der Waals surface area contributed by atoms with Gasteiger partial charge in [-0.3, -0.25) is 19.2 Å². The maximum Gasteiger partial charge on any atom is 0.305 e. The van der Waals surface area contributed by atoms with Gasteiger partial charge in [-0.1, -0.05) is 12.1 Å². The number of amides is 1. The van der Waals surface area contributed by atoms with E-state index >= 15 is 0 Å². The minimum absolute atomic E-state index is 0.114. The molecule has 0 aromatic heterocycles. The van der Waals surface area contributed by atoms with Crippen LogP contribution in [-0.2, 0) is 26.2 Å². The van der Waals surface area contributed by atoms with Crippen molar-refractivity contribution in [2.45, 2.75) is 30.8 Å². The van der Waals surface area contributed by atoms with E-state index in [9.17, 15) is 32.7 Å². The first-order valence-corrected chi connectivity index (χ1v) is 10.4. The Kier molecular flexibility index (Phi) is 7.61. The number of aliphatic carboxylic acids is 1. The third-order valence-electron chi connectivity index (χ3n) is 4.29. The molecule has 0 aliphatic heterocycles. The van der Waals surface area contributed by atoms with E-state index in [1.54, 1.807) is 0 Å². The van der Waals surface area contributed by atoms with Gasteiger partial charge in [0.25, 0.3) is 5.91 Å². The number of sulfonamides is 1. The van der Waals surface area contributed by atoms with Crippen molar-refractivity contribution in [2.75, 3.05) is 0 Å². The van der Waals surface area contributed by atoms with E-state index in [1.807, 2.05) is 0 Å². The predicted molar refractivity (Wildman–Crippen MR) is 108 cm³/mol. The van der Waals surface area contributed by atoms with Crippen LogP contribution in [0.5, 0.6) is 5.75 Å². The van der Waals surface area contributed by atoms with Crippen molar-refractivity contribution >= 4 is 34.0 Å². The lowest BCUT2D eigenvalue weighted by Crippen LogP contribution is -2.41. The topological polar surface area (TPSA) is 167 Å². The van der Waals surface area contributed by atoms with E-state index in [0.717, 1.165) is 18.2 Å². The van der Waals surface area contributed by atoms with Crippen LogP contribution in [0, 0.1) is 0 Å². The van der Waals surface area contributed by atoms with Crippen molar-refractivity contribution in [3.8, 4) is 5.75 Å². The van der Waals surface area contributed by atoms with Crippen LogP contribution in [0.3, 0.4) is 0 Å². The molecule has 0 fully saturated rings. The lowest BCUT2D eigenvalue weighted by molar-refractivity contribution is -0.139. The molecule has 0 unspecified atom stereocenters. The SMILES string of the molecule is CC(=O)[C@H](CC(=O)O)NC(=O)c1ccc(CNS(=O)(=O)c2ccc(O)c(C=O)c2)cc1. The molecule has 0 radical (unpaired) electrons. The number of hydrogen-bond acceptors (Lipinski definition) is 7. The van der Waals surface area contributed by atoms with Crippen LogP contribution in [0.1, 0.15) is 39.6 Å². The van der Waals surface area contributed by atoms with Crippen LogP contribution in [-0.4, -0.2) is 48.6 Å². The molecule has 2 rings (SSSR count). The largest absolute Gasteiger partial charge is 0.507 e. The average molecular weight is 448 g/mol. The van der Waals surface area contributed by atoms with Gasteiger partial charge in [-0.15, -0.1) is 0 Å². The summed E-state index contributed by atoms with van der Waals surface area (Å²) in [5.74, 6) is -2.69. The summed E-state index contributed by atoms with van der Waals surface area (Å²) in [5, 5.41) is 20.6. The normalized spacial score (nSPS) is 12.0. The third kappa shape index (κ3) is 6.46. The summed E-state index contributed by atoms with van der Waals surface area (Å²) in [6.07, 6.45) is -0.199. The standard InChI is InChI=1S/C20H20N2O8S/c1-12(24)17(9-19(26)27)22-20(28)14-4-2-13(3-5-14)10-21-31(29,30)16-6-7-18(25)15(8-16)11-23/h2-8,11,17,21,25H,9-10H2,1H3,(H,22,28)(H,26,27)/t17-/m0/s1. The number of rotatable bonds is 10. The van der Waals surface area contributed by atoms with Gasteiger partial charge in [-0.2, -0.15) is 0 Å². The Morgan fingerprint density at radius 2 is 1.74 bits per heavy atom. The molecule has 2 aromatic carbocycles. The summed E-state index contributed by atoms with van der Waals surface area (Å²) in [5.41, 5.74) is 0.519. The number of carbonyl (C=O) groups is 4. The second-order valence-corrected chi connectivity index (χ2v) is 8.36. The molecule has 11 heteroatoms. The molecule has 4 N–H and O–H groups in total. The predicted octanol–water partition coefficient (Wildman–Crippen LogP) is 0.845. The molecule has 10 nitrogen and oxygen atoms in total. The fraction of sp³-hybridized carbons (Fsp3) is 0.200. The van der Waals surface area contributed by atoms with Crippen molar-refractivity contribution in [3.05, 3.63) is 59.2 Å². The smallest absolute Gasteiger partial charge is 0.305 e. The van der Waals surface area contributed by atoms with Gasteiger partial charge in [0.1, 0.15) is 5.75 Å². The zero-order chi connectivity index (χ0) is 23.2. The molecular formula is C20H20N2O8S. The lowest BCUT2D eigenvalue weighted by atomic mass is 10.1. The monoisotopic (exact) mass is 448 g/mol. The first-order chi connectivity index (χ1) is 14.5. The number of ketones is 1. The number of carboxylic acid groups (broad SMARTS) is 1. The van der Waals surface area contributed by atoms with Crippen molar-refractivity contribution in [1.29, 1.82) is 0 Å². The number of carboxylic acids is 1. The zero-order valence-electron chi connectivity index (χ0n) is 16.4. The van der Waals surface area contributed by atoms with E-state index in [0.29, 0.717) is 11.8 Å². The lowest BCUT2D eigenvalue weighted by Gasteiger charge is -2.14. The maximum atomic E-state index is 12.4. The molecule has 0 saturated carbocycles. The van der Waals surface area contributed by atoms with E-state index in [4.69, 9.17) is 5.11 Å². The van der Waals surface area contributed by atoms with Gasteiger partial charge in [0.2, 0.25) is 10.0 Å². The number of Topliss-reactive ketones (excluding diaryl/α,β-unsaturated/α-hetero) is 1. The third-order valence-corrected chi connectivity index (χ3v) is 5.69. The molecule has 0 bridgehead atoms. The molecule has 1 atom stereocenters. The van der Waals surface area contributed by atoms with Gasteiger partial charge in [0, 0.05) is 12.1 Å². The summed E-state index contributed by atoms with van der Waals surface area (Å²) >= 11 is 0. The fourth-order valence-electron chi connectivity index (χ4n) is 2.54. The van der Waals surface area contributed by atoms with Gasteiger partial charge in [-0.25, -0.2) is 13.1 Å². The van der Waals surface area contributed by atoms with Crippen molar-refractivity contribution < 1.29 is 37.8 Å². The number of nitrogens with one attached hydrogen (secondary N) is 2. The number of carbonyl (C=O) groups excluding carboxylic acids is 3. The Morgan fingerprint density at radius 1 is 1.10 bits per heavy atom. The number of aromatic hydroxyl groups is 1. The van der Waals surface area contributed by atoms with Gasteiger partial charge in [0.05, 0.1) is 22.9 Å². The molecule has 0 aliphatic carbocycles. The highest BCUT2D eigenvalue weighted by molar-refractivity contribution is 7.89. The summed E-state index contributed by atoms with van der Waals surface area (Å²) in [6, 6.07) is 7.93. The zero-order valence-corrected chi connectivity index (χ0v) is 17.2. The Balaban J connectivity index is 2.05. The molecule has 2 aromatic rings. The molecular weight excluding hydrogens is 428 g/mol. The van der Waals surface area contributed by atoms with E-state index in [-0.39, 0.29) is 28.3 Å². The molecule has 0 spiro atoms. The minimum atomic E-state index is -3.96. The minimum Gasteiger partial charge on any atom is -0.507 e. The van der Waals surface area contributed by atoms with E-state index in [2.05, 4.69) is 10.0 Å². The molecule has 164 valence electrons. The first kappa shape index (κ1) is 23.7. The number of aldehydes is 1. The molecule has 0 aliphatic rings. The number of hydrogen-bond donors (Lipinski definition) is 4. The van der Waals surface area contributed by atoms with Crippen LogP contribution in [0.2, 0.25) is 0 Å². The average Bonchev–Trinajstić information content (AvgIpc) is 2.72. The fourth-order valence-corrected chi connectivity index (χ4v) is 3.60. The first-order valence-electron chi connectivity index (χ1n) is 8.93. The van der Waals surface area contributed by atoms with Crippen LogP contribution < -0.4 is 10.0 Å². The summed E-state index contributed by atoms with van der Waals surface area (Å²) in [6.45, 7) is 1.06. The van der Waals surface area contributed by atoms with Crippen molar-refractivity contribution in [1.82, 2.24) is 10.0 Å².